The Hall–Kier alpha value is -0.370. The summed E-state index contributed by atoms with van der Waals surface area (Å²) in [5.74, 6) is 5.54. The Balaban J connectivity index is 1.60. The second kappa shape index (κ2) is 5.56. The molecule has 4 aliphatic carbocycles. The molecule has 0 heterocycles. The number of ketones is 1. The molecular weight excluding hydrogens is 296 g/mol. The molecule has 4 aliphatic rings. The van der Waals surface area contributed by atoms with Crippen molar-refractivity contribution < 1.29 is 9.90 Å². The SMILES string of the molecule is CC(=O)[C@H]1CC[C@H]2[C@@H]3CC(C)[C@H]4C[C@@](C)(O)CC[C@@H]4[C@H]3CC[C@]12C. The van der Waals surface area contributed by atoms with Crippen LogP contribution in [-0.4, -0.2) is 16.5 Å². The van der Waals surface area contributed by atoms with Crippen molar-refractivity contribution in [2.24, 2.45) is 46.8 Å². The molecule has 4 saturated carbocycles. The zero-order chi connectivity index (χ0) is 17.3. The fraction of sp³-hybridized carbons (Fsp3) is 0.955. The van der Waals surface area contributed by atoms with Crippen LogP contribution in [-0.2, 0) is 4.79 Å². The maximum absolute atomic E-state index is 12.2. The minimum absolute atomic E-state index is 0.277. The number of Topliss-reactive ketones (excluding diaryl/α,β-unsaturated/α-hetero) is 1. The Labute approximate surface area is 147 Å². The lowest BCUT2D eigenvalue weighted by molar-refractivity contribution is -0.134. The van der Waals surface area contributed by atoms with E-state index < -0.39 is 5.60 Å². The van der Waals surface area contributed by atoms with E-state index in [1.807, 2.05) is 13.8 Å². The fourth-order valence-corrected chi connectivity index (χ4v) is 8.07. The van der Waals surface area contributed by atoms with Crippen molar-refractivity contribution >= 4 is 5.78 Å². The van der Waals surface area contributed by atoms with Crippen molar-refractivity contribution in [2.45, 2.75) is 84.7 Å². The van der Waals surface area contributed by atoms with Gasteiger partial charge in [-0.25, -0.2) is 0 Å². The molecule has 0 aromatic rings. The van der Waals surface area contributed by atoms with E-state index in [1.54, 1.807) is 0 Å². The Kier molecular flexibility index (Phi) is 3.95. The third kappa shape index (κ3) is 2.42. The van der Waals surface area contributed by atoms with Crippen LogP contribution in [0.1, 0.15) is 79.1 Å². The van der Waals surface area contributed by atoms with E-state index in [1.165, 1.54) is 32.1 Å². The van der Waals surface area contributed by atoms with Gasteiger partial charge in [-0.1, -0.05) is 13.8 Å². The van der Waals surface area contributed by atoms with E-state index in [4.69, 9.17) is 0 Å². The topological polar surface area (TPSA) is 37.3 Å². The number of fused-ring (bicyclic) bond motifs is 5. The van der Waals surface area contributed by atoms with Crippen molar-refractivity contribution in [1.82, 2.24) is 0 Å². The molecule has 0 aromatic carbocycles. The van der Waals surface area contributed by atoms with Gasteiger partial charge in [0.2, 0.25) is 0 Å². The number of rotatable bonds is 1. The Morgan fingerprint density at radius 1 is 0.958 bits per heavy atom. The van der Waals surface area contributed by atoms with Crippen molar-refractivity contribution in [1.29, 1.82) is 0 Å². The van der Waals surface area contributed by atoms with Gasteiger partial charge in [0.1, 0.15) is 5.78 Å². The second-order valence-corrected chi connectivity index (χ2v) is 10.5. The Bertz CT molecular complexity index is 524. The lowest BCUT2D eigenvalue weighted by Gasteiger charge is -2.58. The van der Waals surface area contributed by atoms with Gasteiger partial charge < -0.3 is 5.11 Å². The zero-order valence-electron chi connectivity index (χ0n) is 16.1. The van der Waals surface area contributed by atoms with Gasteiger partial charge in [0, 0.05) is 5.92 Å². The summed E-state index contributed by atoms with van der Waals surface area (Å²) in [6, 6.07) is 0. The first-order valence-corrected chi connectivity index (χ1v) is 10.5. The highest BCUT2D eigenvalue weighted by molar-refractivity contribution is 5.79. The zero-order valence-corrected chi connectivity index (χ0v) is 16.1. The first kappa shape index (κ1) is 17.1. The van der Waals surface area contributed by atoms with Gasteiger partial charge in [-0.2, -0.15) is 0 Å². The molecule has 4 rings (SSSR count). The van der Waals surface area contributed by atoms with E-state index in [2.05, 4.69) is 13.8 Å². The van der Waals surface area contributed by atoms with Gasteiger partial charge in [-0.05, 0) is 106 Å². The highest BCUT2D eigenvalue weighted by Gasteiger charge is 2.59. The minimum atomic E-state index is -0.432. The highest BCUT2D eigenvalue weighted by atomic mass is 16.3. The number of carbonyl (C=O) groups excluding carboxylic acids is 1. The Morgan fingerprint density at radius 2 is 1.62 bits per heavy atom. The van der Waals surface area contributed by atoms with Gasteiger partial charge >= 0.3 is 0 Å². The highest BCUT2D eigenvalue weighted by Crippen LogP contribution is 2.65. The molecule has 0 bridgehead atoms. The first-order chi connectivity index (χ1) is 11.2. The van der Waals surface area contributed by atoms with Crippen LogP contribution in [0.25, 0.3) is 0 Å². The van der Waals surface area contributed by atoms with E-state index >= 15 is 0 Å². The van der Waals surface area contributed by atoms with Crippen LogP contribution in [0.3, 0.4) is 0 Å². The van der Waals surface area contributed by atoms with Crippen LogP contribution < -0.4 is 0 Å². The number of aliphatic hydroxyl groups is 1. The number of hydrogen-bond acceptors (Lipinski definition) is 2. The average Bonchev–Trinajstić information content (AvgIpc) is 2.85. The Morgan fingerprint density at radius 3 is 2.33 bits per heavy atom. The van der Waals surface area contributed by atoms with Crippen molar-refractivity contribution in [2.75, 3.05) is 0 Å². The predicted molar refractivity (Wildman–Crippen MR) is 96.5 cm³/mol. The molecule has 2 nitrogen and oxygen atoms in total. The molecule has 0 saturated heterocycles. The number of hydrogen-bond donors (Lipinski definition) is 1. The van der Waals surface area contributed by atoms with Gasteiger partial charge in [0.15, 0.2) is 0 Å². The summed E-state index contributed by atoms with van der Waals surface area (Å²) in [5.41, 5.74) is -0.155. The average molecular weight is 333 g/mol. The molecular formula is C22H36O2. The largest absolute Gasteiger partial charge is 0.390 e. The molecule has 1 unspecified atom stereocenters. The van der Waals surface area contributed by atoms with Gasteiger partial charge in [-0.3, -0.25) is 4.79 Å². The quantitative estimate of drug-likeness (QED) is 0.746. The van der Waals surface area contributed by atoms with Gasteiger partial charge in [0.05, 0.1) is 5.60 Å². The van der Waals surface area contributed by atoms with E-state index in [0.717, 1.165) is 54.8 Å². The monoisotopic (exact) mass is 332 g/mol. The summed E-state index contributed by atoms with van der Waals surface area (Å²) in [6.45, 7) is 8.76. The molecule has 0 radical (unpaired) electrons. The van der Waals surface area contributed by atoms with Crippen molar-refractivity contribution in [3.63, 3.8) is 0 Å². The molecule has 136 valence electrons. The van der Waals surface area contributed by atoms with Crippen LogP contribution in [0.5, 0.6) is 0 Å². The lowest BCUT2D eigenvalue weighted by atomic mass is 9.47. The van der Waals surface area contributed by atoms with Gasteiger partial charge in [0.25, 0.3) is 0 Å². The molecule has 2 heteroatoms. The second-order valence-electron chi connectivity index (χ2n) is 10.5. The molecule has 0 aliphatic heterocycles. The van der Waals surface area contributed by atoms with Gasteiger partial charge in [-0.15, -0.1) is 0 Å². The van der Waals surface area contributed by atoms with Crippen LogP contribution in [0.4, 0.5) is 0 Å². The van der Waals surface area contributed by atoms with Crippen molar-refractivity contribution in [3.05, 3.63) is 0 Å². The van der Waals surface area contributed by atoms with Crippen molar-refractivity contribution in [3.8, 4) is 0 Å². The van der Waals surface area contributed by atoms with Crippen LogP contribution in [0, 0.1) is 46.8 Å². The lowest BCUT2D eigenvalue weighted by Crippen LogP contribution is -2.53. The summed E-state index contributed by atoms with van der Waals surface area (Å²) in [5, 5.41) is 10.6. The van der Waals surface area contributed by atoms with Crippen LogP contribution in [0.2, 0.25) is 0 Å². The molecule has 0 spiro atoms. The third-order valence-corrected chi connectivity index (χ3v) is 9.15. The standard InChI is InChI=1S/C22H36O2/c1-13-11-17-15(16-7-9-21(3,24)12-18(13)16)8-10-22(4)19(14(2)23)5-6-20(17)22/h13,15-20,24H,5-12H2,1-4H3/t13?,15-,16-,17-,18-,19-,20+,21+,22-/m1/s1. The first-order valence-electron chi connectivity index (χ1n) is 10.5. The fourth-order valence-electron chi connectivity index (χ4n) is 8.07. The van der Waals surface area contributed by atoms with Crippen LogP contribution in [0.15, 0.2) is 0 Å². The normalized spacial score (nSPS) is 57.0. The summed E-state index contributed by atoms with van der Waals surface area (Å²) < 4.78 is 0. The molecule has 9 atom stereocenters. The smallest absolute Gasteiger partial charge is 0.133 e. The van der Waals surface area contributed by atoms with Crippen LogP contribution >= 0.6 is 0 Å². The van der Waals surface area contributed by atoms with E-state index in [9.17, 15) is 9.90 Å². The predicted octanol–water partition coefficient (Wildman–Crippen LogP) is 4.84. The molecule has 24 heavy (non-hydrogen) atoms. The maximum atomic E-state index is 12.2. The summed E-state index contributed by atoms with van der Waals surface area (Å²) >= 11 is 0. The van der Waals surface area contributed by atoms with E-state index in [0.29, 0.717) is 11.7 Å². The molecule has 0 aromatic heterocycles. The number of carbonyl (C=O) groups is 1. The molecule has 0 amide bonds. The minimum Gasteiger partial charge on any atom is -0.390 e. The third-order valence-electron chi connectivity index (χ3n) is 9.15. The molecule has 4 fully saturated rings. The summed E-state index contributed by atoms with van der Waals surface area (Å²) in [6.07, 6.45) is 9.58. The van der Waals surface area contributed by atoms with E-state index in [-0.39, 0.29) is 5.41 Å². The summed E-state index contributed by atoms with van der Waals surface area (Å²) in [4.78, 5) is 12.2. The maximum Gasteiger partial charge on any atom is 0.133 e. The summed E-state index contributed by atoms with van der Waals surface area (Å²) in [7, 11) is 0. The molecule has 1 N–H and O–H groups in total.